The average molecular weight is 2230 g/mol. The Morgan fingerprint density at radius 1 is 0.396 bits per heavy atom. The molecule has 0 atom stereocenters. The predicted octanol–water partition coefficient (Wildman–Crippen LogP) is 19.1. The molecule has 5 radical (unpaired) electrons. The summed E-state index contributed by atoms with van der Waals surface area (Å²) in [6, 6.07) is 86.8. The minimum absolute atomic E-state index is 0. The number of aromatic nitrogens is 10. The van der Waals surface area contributed by atoms with Crippen LogP contribution in [0.25, 0.3) is 39.6 Å². The molecule has 14 rings (SSSR count). The van der Waals surface area contributed by atoms with Gasteiger partial charge < -0.3 is 9.47 Å². The molecular weight excluding hydrogens is 2140 g/mol. The second kappa shape index (κ2) is 41.5. The van der Waals surface area contributed by atoms with Crippen molar-refractivity contribution in [3.63, 3.8) is 0 Å². The number of methoxy groups -OCH3 is 2. The van der Waals surface area contributed by atoms with Gasteiger partial charge in [0.15, 0.2) is 0 Å². The van der Waals surface area contributed by atoms with E-state index >= 15 is 0 Å². The molecule has 0 saturated heterocycles. The zero-order valence-electron chi connectivity index (χ0n) is 59.1. The van der Waals surface area contributed by atoms with E-state index in [0.29, 0.717) is 17.7 Å². The number of aryl methyl sites for hydroxylation is 4. The summed E-state index contributed by atoms with van der Waals surface area (Å²) in [5.74, 6) is 3.01. The monoisotopic (exact) mass is 2230 g/mol. The van der Waals surface area contributed by atoms with Gasteiger partial charge in [0.2, 0.25) is 11.8 Å². The molecular formula is C83H86Ir5N11O2-5. The normalized spacial score (nSPS) is 11.2. The number of hydrogen-bond donors (Lipinski definition) is 0. The second-order valence-corrected chi connectivity index (χ2v) is 23.5. The predicted molar refractivity (Wildman–Crippen MR) is 388 cm³/mol. The molecule has 0 spiro atoms. The fourth-order valence-corrected chi connectivity index (χ4v) is 12.5. The molecule has 1 saturated carbocycles. The molecule has 0 amide bonds. The van der Waals surface area contributed by atoms with Gasteiger partial charge in [0.25, 0.3) is 0 Å². The smallest absolute Gasteiger partial charge is 0.239 e. The molecule has 101 heavy (non-hydrogen) atoms. The molecule has 13 nitrogen and oxygen atoms in total. The molecule has 18 heteroatoms. The van der Waals surface area contributed by atoms with Crippen molar-refractivity contribution < 1.29 is 110 Å². The maximum Gasteiger partial charge on any atom is 0.239 e. The van der Waals surface area contributed by atoms with Gasteiger partial charge in [-0.25, -0.2) is 9.36 Å². The molecule has 1 fully saturated rings. The molecule has 1 aliphatic carbocycles. The van der Waals surface area contributed by atoms with Crippen LogP contribution in [0, 0.1) is 85.7 Å². The van der Waals surface area contributed by atoms with Crippen molar-refractivity contribution in [2.24, 2.45) is 0 Å². The van der Waals surface area contributed by atoms with Crippen LogP contribution in [0.2, 0.25) is 0 Å². The van der Waals surface area contributed by atoms with Crippen LogP contribution in [0.4, 0.5) is 17.2 Å². The van der Waals surface area contributed by atoms with Gasteiger partial charge >= 0.3 is 0 Å². The Balaban J connectivity index is 0.000000228. The van der Waals surface area contributed by atoms with Crippen molar-refractivity contribution in [1.29, 1.82) is 0 Å². The molecule has 1 aliphatic rings. The molecule has 0 bridgehead atoms. The van der Waals surface area contributed by atoms with Crippen molar-refractivity contribution >= 4 is 17.2 Å². The van der Waals surface area contributed by atoms with E-state index in [1.807, 2.05) is 154 Å². The van der Waals surface area contributed by atoms with Crippen molar-refractivity contribution in [2.45, 2.75) is 120 Å². The number of benzene rings is 8. The largest absolute Gasteiger partial charge is 0.481 e. The van der Waals surface area contributed by atoms with Crippen LogP contribution in [0.3, 0.4) is 0 Å². The van der Waals surface area contributed by atoms with Crippen LogP contribution < -0.4 is 14.4 Å². The van der Waals surface area contributed by atoms with Gasteiger partial charge in [-0.05, 0) is 156 Å². The maximum atomic E-state index is 5.31. The Hall–Kier alpha value is -7.54. The minimum atomic E-state index is 0. The summed E-state index contributed by atoms with van der Waals surface area (Å²) in [7, 11) is 3.21. The fourth-order valence-electron chi connectivity index (χ4n) is 12.5. The van der Waals surface area contributed by atoms with Gasteiger partial charge in [-0.1, -0.05) is 99.8 Å². The van der Waals surface area contributed by atoms with E-state index in [1.165, 1.54) is 82.7 Å². The first kappa shape index (κ1) is 84.1. The van der Waals surface area contributed by atoms with E-state index in [9.17, 15) is 0 Å². The quantitative estimate of drug-likeness (QED) is 0.0990. The number of anilines is 3. The second-order valence-electron chi connectivity index (χ2n) is 23.5. The molecule has 13 aromatic rings. The van der Waals surface area contributed by atoms with Gasteiger partial charge in [0, 0.05) is 140 Å². The van der Waals surface area contributed by atoms with Gasteiger partial charge in [0.1, 0.15) is 5.82 Å². The summed E-state index contributed by atoms with van der Waals surface area (Å²) in [5.41, 5.74) is 22.4. The molecule has 0 unspecified atom stereocenters. The summed E-state index contributed by atoms with van der Waals surface area (Å²) >= 11 is 0. The Bertz CT molecular complexity index is 4490. The van der Waals surface area contributed by atoms with Crippen molar-refractivity contribution in [3.05, 3.63) is 305 Å². The zero-order valence-corrected chi connectivity index (χ0v) is 71.1. The van der Waals surface area contributed by atoms with E-state index in [2.05, 4.69) is 196 Å². The summed E-state index contributed by atoms with van der Waals surface area (Å²) in [6.07, 6.45) is 8.67. The topological polar surface area (TPSA) is 111 Å². The summed E-state index contributed by atoms with van der Waals surface area (Å²) in [5, 5.41) is 23.1. The molecule has 5 aromatic heterocycles. The van der Waals surface area contributed by atoms with Crippen molar-refractivity contribution in [2.75, 3.05) is 19.1 Å². The van der Waals surface area contributed by atoms with Crippen LogP contribution in [-0.4, -0.2) is 63.1 Å². The van der Waals surface area contributed by atoms with Crippen LogP contribution in [-0.2, 0) is 113 Å². The third kappa shape index (κ3) is 20.4. The minimum Gasteiger partial charge on any atom is -0.481 e. The first-order chi connectivity index (χ1) is 46.8. The van der Waals surface area contributed by atoms with Gasteiger partial charge in [-0.2, -0.15) is 142 Å². The molecule has 0 N–H and O–H groups in total. The Kier molecular flexibility index (Phi) is 34.6. The molecule has 535 valence electrons. The third-order valence-electron chi connectivity index (χ3n) is 17.3. The van der Waals surface area contributed by atoms with Crippen LogP contribution in [0.5, 0.6) is 11.8 Å². The third-order valence-corrected chi connectivity index (χ3v) is 17.3. The average Bonchev–Trinajstić information content (AvgIpc) is 1.85. The van der Waals surface area contributed by atoms with E-state index in [0.717, 1.165) is 81.1 Å². The van der Waals surface area contributed by atoms with Gasteiger partial charge in [-0.3, -0.25) is 18.9 Å². The first-order valence-electron chi connectivity index (χ1n) is 33.1. The Labute approximate surface area is 665 Å². The summed E-state index contributed by atoms with van der Waals surface area (Å²) in [4.78, 5) is 2.28. The molecule has 5 heterocycles. The van der Waals surface area contributed by atoms with Gasteiger partial charge in [-0.15, -0.1) is 35.4 Å². The Morgan fingerprint density at radius 3 is 1.22 bits per heavy atom. The number of ether oxygens (including phenoxy) is 2. The van der Waals surface area contributed by atoms with E-state index in [1.54, 1.807) is 18.9 Å². The number of hydrogen-bond acceptors (Lipinski definition) is 8. The summed E-state index contributed by atoms with van der Waals surface area (Å²) in [6.45, 7) is 21.0. The van der Waals surface area contributed by atoms with Crippen LogP contribution in [0.15, 0.2) is 212 Å². The van der Waals surface area contributed by atoms with Crippen LogP contribution >= 0.6 is 0 Å². The Morgan fingerprint density at radius 2 is 0.802 bits per heavy atom. The number of para-hydroxylation sites is 7. The zero-order chi connectivity index (χ0) is 67.5. The van der Waals surface area contributed by atoms with E-state index in [-0.39, 0.29) is 101 Å². The van der Waals surface area contributed by atoms with Crippen molar-refractivity contribution in [3.8, 4) is 51.3 Å². The standard InChI is InChI=1S/C24H22N3.C17H21N2.C17H15N2.C13H15N2.C12H13N2O2.5Ir/c1-3-23-19(2)25-27(22-17-11-6-12-18-22)24(23)26(20-13-7-4-8-14-20)21-15-9-5-10-16-21;2*1-13-17(15-9-5-3-6-10-15)14(2)19(18-13)16-11-7-4-8-12-16;1-4-13-10(2)11(3)15(14-13)12-8-6-5-7-9-12;1-9-11(15-2)13-14(12(9)16-3)10-7-5-4-6-8-10;;;;;/h4-17H,3H2,1-2H3;4,7-8,11,15H,3,5-6,9-10H2,1-2H3;3-11H,1-2H3;5-8H,4H2,1-3H3;4-7H,1-3H3;;;;;/q5*-1;;;;;. The molecule has 0 aliphatic heterocycles. The van der Waals surface area contributed by atoms with E-state index in [4.69, 9.17) is 19.7 Å². The van der Waals surface area contributed by atoms with Crippen molar-refractivity contribution in [1.82, 2.24) is 48.9 Å². The summed E-state index contributed by atoms with van der Waals surface area (Å²) < 4.78 is 20.1. The van der Waals surface area contributed by atoms with Gasteiger partial charge in [0.05, 0.1) is 42.6 Å². The fraction of sp³-hybridized carbons (Fsp3) is 0.241. The SMILES string of the molecule is CCc1c(C)nn(-c2[c-]cccc2)c1N(c1ccccc1)c1ccccc1.CCc1nn(-c2[c-]cccc2)c(C)c1C.COc1nn(-c2[c-]cccc2)c(OC)c1C.Cc1nn(-c2[c-]cccc2)c(C)c1-c1ccccc1.Cc1nn(-c2[c-]cccc2)c(C)c1C1CCCCC1.[Ir].[Ir].[Ir].[Ir].[Ir]. The van der Waals surface area contributed by atoms with E-state index < -0.39 is 0 Å². The molecule has 8 aromatic carbocycles. The maximum absolute atomic E-state index is 5.31. The number of nitrogens with zero attached hydrogens (tertiary/aromatic N) is 11. The van der Waals surface area contributed by atoms with Crippen LogP contribution in [0.1, 0.15) is 114 Å². The number of rotatable bonds is 14. The first-order valence-corrected chi connectivity index (χ1v) is 33.1.